The van der Waals surface area contributed by atoms with Crippen LogP contribution in [0.5, 0.6) is 0 Å². The molecule has 3 N–H and O–H groups in total. The SMILES string of the molecule is CCNC(=O)Cc1sc(Nc2nc(Cl)cc(NCc3cccnc3)n2)nc1C. The molecule has 28 heavy (non-hydrogen) atoms. The second kappa shape index (κ2) is 9.43. The highest BCUT2D eigenvalue weighted by atomic mass is 35.5. The topological polar surface area (TPSA) is 105 Å². The van der Waals surface area contributed by atoms with E-state index in [9.17, 15) is 4.79 Å². The number of hydrogen-bond donors (Lipinski definition) is 3. The van der Waals surface area contributed by atoms with Gasteiger partial charge in [-0.1, -0.05) is 17.7 Å². The quantitative estimate of drug-likeness (QED) is 0.483. The van der Waals surface area contributed by atoms with Gasteiger partial charge >= 0.3 is 0 Å². The highest BCUT2D eigenvalue weighted by Gasteiger charge is 2.13. The van der Waals surface area contributed by atoms with E-state index in [0.29, 0.717) is 41.6 Å². The minimum absolute atomic E-state index is 0.0262. The summed E-state index contributed by atoms with van der Waals surface area (Å²) in [7, 11) is 0. The van der Waals surface area contributed by atoms with Crippen LogP contribution in [0.3, 0.4) is 0 Å². The predicted molar refractivity (Wildman–Crippen MR) is 111 cm³/mol. The van der Waals surface area contributed by atoms with Gasteiger partial charge < -0.3 is 10.6 Å². The molecule has 3 heterocycles. The van der Waals surface area contributed by atoms with E-state index in [1.54, 1.807) is 18.5 Å². The Morgan fingerprint density at radius 1 is 1.29 bits per heavy atom. The van der Waals surface area contributed by atoms with E-state index in [2.05, 4.69) is 35.9 Å². The van der Waals surface area contributed by atoms with Crippen molar-refractivity contribution in [3.63, 3.8) is 0 Å². The molecule has 0 radical (unpaired) electrons. The van der Waals surface area contributed by atoms with Gasteiger partial charge in [-0.3, -0.25) is 15.1 Å². The molecule has 0 fully saturated rings. The van der Waals surface area contributed by atoms with E-state index in [4.69, 9.17) is 11.6 Å². The molecular formula is C18H20ClN7OS. The molecule has 0 spiro atoms. The van der Waals surface area contributed by atoms with Crippen LogP contribution in [-0.4, -0.2) is 32.4 Å². The summed E-state index contributed by atoms with van der Waals surface area (Å²) in [5, 5.41) is 9.97. The molecule has 0 saturated heterocycles. The number of thiazole rings is 1. The third kappa shape index (κ3) is 5.61. The van der Waals surface area contributed by atoms with Crippen molar-refractivity contribution in [2.45, 2.75) is 26.8 Å². The molecule has 1 amide bonds. The number of aromatic nitrogens is 4. The first kappa shape index (κ1) is 20.0. The Balaban J connectivity index is 1.69. The monoisotopic (exact) mass is 417 g/mol. The maximum absolute atomic E-state index is 11.8. The number of rotatable bonds is 8. The standard InChI is InChI=1S/C18H20ClN7OS/c1-3-21-16(27)7-13-11(2)23-18(28-13)26-17-24-14(19)8-15(25-17)22-10-12-5-4-6-20-9-12/h4-6,8-9H,3,7,10H2,1-2H3,(H,21,27)(H2,22,23,24,25,26). The number of pyridine rings is 1. The van der Waals surface area contributed by atoms with Crippen molar-refractivity contribution in [1.29, 1.82) is 0 Å². The average Bonchev–Trinajstić information content (AvgIpc) is 2.99. The van der Waals surface area contributed by atoms with Gasteiger partial charge in [0, 0.05) is 36.4 Å². The van der Waals surface area contributed by atoms with Crippen molar-refractivity contribution in [2.24, 2.45) is 0 Å². The van der Waals surface area contributed by atoms with E-state index < -0.39 is 0 Å². The fourth-order valence-electron chi connectivity index (χ4n) is 2.41. The van der Waals surface area contributed by atoms with Crippen molar-refractivity contribution in [3.05, 3.63) is 51.9 Å². The minimum Gasteiger partial charge on any atom is -0.366 e. The maximum Gasteiger partial charge on any atom is 0.232 e. The van der Waals surface area contributed by atoms with Crippen molar-refractivity contribution in [2.75, 3.05) is 17.2 Å². The lowest BCUT2D eigenvalue weighted by molar-refractivity contribution is -0.120. The first-order chi connectivity index (χ1) is 13.5. The molecule has 3 aromatic heterocycles. The fraction of sp³-hybridized carbons (Fsp3) is 0.278. The van der Waals surface area contributed by atoms with E-state index in [1.807, 2.05) is 26.0 Å². The van der Waals surface area contributed by atoms with Crippen LogP contribution in [0.2, 0.25) is 5.15 Å². The molecule has 146 valence electrons. The normalized spacial score (nSPS) is 10.5. The Labute approximate surface area is 171 Å². The molecule has 0 aliphatic heterocycles. The van der Waals surface area contributed by atoms with Crippen molar-refractivity contribution < 1.29 is 4.79 Å². The highest BCUT2D eigenvalue weighted by molar-refractivity contribution is 7.15. The van der Waals surface area contributed by atoms with Crippen LogP contribution in [0.15, 0.2) is 30.6 Å². The molecular weight excluding hydrogens is 398 g/mol. The van der Waals surface area contributed by atoms with Crippen LogP contribution in [-0.2, 0) is 17.8 Å². The van der Waals surface area contributed by atoms with E-state index in [1.165, 1.54) is 11.3 Å². The highest BCUT2D eigenvalue weighted by Crippen LogP contribution is 2.26. The summed E-state index contributed by atoms with van der Waals surface area (Å²) >= 11 is 7.52. The maximum atomic E-state index is 11.8. The molecule has 8 nitrogen and oxygen atoms in total. The van der Waals surface area contributed by atoms with E-state index in [-0.39, 0.29) is 5.91 Å². The lowest BCUT2D eigenvalue weighted by atomic mass is 10.3. The second-order valence-electron chi connectivity index (χ2n) is 5.90. The molecule has 0 bridgehead atoms. The van der Waals surface area contributed by atoms with Crippen molar-refractivity contribution >= 4 is 45.7 Å². The number of anilines is 3. The van der Waals surface area contributed by atoms with Gasteiger partial charge in [-0.05, 0) is 25.5 Å². The summed E-state index contributed by atoms with van der Waals surface area (Å²) in [6.45, 7) is 4.93. The lowest BCUT2D eigenvalue weighted by Crippen LogP contribution is -2.24. The molecule has 0 atom stereocenters. The van der Waals surface area contributed by atoms with E-state index >= 15 is 0 Å². The zero-order chi connectivity index (χ0) is 19.9. The number of nitrogens with zero attached hydrogens (tertiary/aromatic N) is 4. The number of likely N-dealkylation sites (N-methyl/N-ethyl adjacent to an activating group) is 1. The van der Waals surface area contributed by atoms with E-state index in [0.717, 1.165) is 16.1 Å². The number of halogens is 1. The summed E-state index contributed by atoms with van der Waals surface area (Å²) in [6, 6.07) is 5.49. The number of amides is 1. The molecule has 3 rings (SSSR count). The molecule has 0 aliphatic carbocycles. The van der Waals surface area contributed by atoms with Crippen LogP contribution >= 0.6 is 22.9 Å². The third-order valence-electron chi connectivity index (χ3n) is 3.70. The fourth-order valence-corrected chi connectivity index (χ4v) is 3.54. The van der Waals surface area contributed by atoms with Crippen LogP contribution in [0.25, 0.3) is 0 Å². The third-order valence-corrected chi connectivity index (χ3v) is 4.96. The van der Waals surface area contributed by atoms with Crippen molar-refractivity contribution in [1.82, 2.24) is 25.3 Å². The average molecular weight is 418 g/mol. The Kier molecular flexibility index (Phi) is 6.72. The predicted octanol–water partition coefficient (Wildman–Crippen LogP) is 3.32. The summed E-state index contributed by atoms with van der Waals surface area (Å²) in [6.07, 6.45) is 3.81. The molecule has 0 unspecified atom stereocenters. The van der Waals surface area contributed by atoms with Crippen molar-refractivity contribution in [3.8, 4) is 0 Å². The molecule has 10 heteroatoms. The number of hydrogen-bond acceptors (Lipinski definition) is 8. The molecule has 3 aromatic rings. The van der Waals surface area contributed by atoms with Crippen LogP contribution < -0.4 is 16.0 Å². The number of carbonyl (C=O) groups excluding carboxylic acids is 1. The summed E-state index contributed by atoms with van der Waals surface area (Å²) in [5.74, 6) is 0.892. The zero-order valence-electron chi connectivity index (χ0n) is 15.5. The van der Waals surface area contributed by atoms with Gasteiger partial charge in [-0.15, -0.1) is 11.3 Å². The summed E-state index contributed by atoms with van der Waals surface area (Å²) < 4.78 is 0. The Morgan fingerprint density at radius 3 is 2.89 bits per heavy atom. The number of nitrogens with one attached hydrogen (secondary N) is 3. The largest absolute Gasteiger partial charge is 0.366 e. The molecule has 0 aromatic carbocycles. The number of aryl methyl sites for hydroxylation is 1. The first-order valence-corrected chi connectivity index (χ1v) is 9.90. The van der Waals surface area contributed by atoms with Gasteiger partial charge in [-0.2, -0.15) is 4.98 Å². The Morgan fingerprint density at radius 2 is 2.14 bits per heavy atom. The summed E-state index contributed by atoms with van der Waals surface area (Å²) in [4.78, 5) is 29.8. The lowest BCUT2D eigenvalue weighted by Gasteiger charge is -2.08. The smallest absolute Gasteiger partial charge is 0.232 e. The Hall–Kier alpha value is -2.78. The summed E-state index contributed by atoms with van der Waals surface area (Å²) in [5.41, 5.74) is 1.83. The number of carbonyl (C=O) groups is 1. The van der Waals surface area contributed by atoms with Crippen LogP contribution in [0.4, 0.5) is 16.9 Å². The van der Waals surface area contributed by atoms with Gasteiger partial charge in [0.15, 0.2) is 5.13 Å². The van der Waals surface area contributed by atoms with Crippen LogP contribution in [0, 0.1) is 6.92 Å². The molecule has 0 saturated carbocycles. The second-order valence-corrected chi connectivity index (χ2v) is 7.37. The Bertz CT molecular complexity index is 948. The van der Waals surface area contributed by atoms with Gasteiger partial charge in [0.25, 0.3) is 0 Å². The zero-order valence-corrected chi connectivity index (χ0v) is 17.1. The van der Waals surface area contributed by atoms with Gasteiger partial charge in [-0.25, -0.2) is 9.97 Å². The minimum atomic E-state index is -0.0262. The van der Waals surface area contributed by atoms with Gasteiger partial charge in [0.2, 0.25) is 11.9 Å². The van der Waals surface area contributed by atoms with Gasteiger partial charge in [0.05, 0.1) is 12.1 Å². The first-order valence-electron chi connectivity index (χ1n) is 8.71. The molecule has 0 aliphatic rings. The van der Waals surface area contributed by atoms with Crippen LogP contribution in [0.1, 0.15) is 23.1 Å². The van der Waals surface area contributed by atoms with Gasteiger partial charge in [0.1, 0.15) is 11.0 Å².